The van der Waals surface area contributed by atoms with Crippen LogP contribution in [-0.2, 0) is 4.74 Å². The molecule has 1 aromatic heterocycles. The first-order valence-corrected chi connectivity index (χ1v) is 12.1. The van der Waals surface area contributed by atoms with Crippen LogP contribution in [0.25, 0.3) is 28.1 Å². The summed E-state index contributed by atoms with van der Waals surface area (Å²) in [6, 6.07) is 19.7. The SMILES string of the molecule is Cc1ccc(-n2c(-c3ccc(F)cc3)nc3cc(C(=O)N(C)CCNC(=O)OC(C)(C)C)ccc32)cc1. The van der Waals surface area contributed by atoms with Gasteiger partial charge in [0.2, 0.25) is 0 Å². The third-order valence-corrected chi connectivity index (χ3v) is 5.76. The highest BCUT2D eigenvalue weighted by atomic mass is 19.1. The van der Waals surface area contributed by atoms with Crippen LogP contribution in [0.4, 0.5) is 9.18 Å². The first-order chi connectivity index (χ1) is 17.5. The van der Waals surface area contributed by atoms with E-state index in [1.165, 1.54) is 17.0 Å². The summed E-state index contributed by atoms with van der Waals surface area (Å²) in [5, 5.41) is 2.66. The van der Waals surface area contributed by atoms with E-state index in [0.29, 0.717) is 23.4 Å². The fourth-order valence-corrected chi connectivity index (χ4v) is 3.92. The van der Waals surface area contributed by atoms with Crippen molar-refractivity contribution in [3.63, 3.8) is 0 Å². The lowest BCUT2D eigenvalue weighted by Crippen LogP contribution is -2.38. The van der Waals surface area contributed by atoms with E-state index in [4.69, 9.17) is 9.72 Å². The van der Waals surface area contributed by atoms with Gasteiger partial charge in [-0.25, -0.2) is 14.2 Å². The van der Waals surface area contributed by atoms with Crippen molar-refractivity contribution in [1.82, 2.24) is 19.8 Å². The molecule has 7 nitrogen and oxygen atoms in total. The molecule has 4 rings (SSSR count). The third-order valence-electron chi connectivity index (χ3n) is 5.76. The minimum Gasteiger partial charge on any atom is -0.444 e. The van der Waals surface area contributed by atoms with Crippen molar-refractivity contribution >= 4 is 23.0 Å². The molecule has 0 spiro atoms. The molecule has 3 aromatic carbocycles. The second kappa shape index (κ2) is 10.4. The van der Waals surface area contributed by atoms with Crippen LogP contribution in [0.2, 0.25) is 0 Å². The van der Waals surface area contributed by atoms with Crippen LogP contribution in [0.3, 0.4) is 0 Å². The molecule has 0 saturated carbocycles. The highest BCUT2D eigenvalue weighted by Gasteiger charge is 2.19. The quantitative estimate of drug-likeness (QED) is 0.365. The number of amides is 2. The number of hydrogen-bond acceptors (Lipinski definition) is 4. The minimum atomic E-state index is -0.587. The summed E-state index contributed by atoms with van der Waals surface area (Å²) in [5.41, 5.74) is 4.17. The summed E-state index contributed by atoms with van der Waals surface area (Å²) in [5.74, 6) is 0.137. The molecule has 0 unspecified atom stereocenters. The monoisotopic (exact) mass is 502 g/mol. The molecular weight excluding hydrogens is 471 g/mol. The van der Waals surface area contributed by atoms with Crippen molar-refractivity contribution in [2.75, 3.05) is 20.1 Å². The smallest absolute Gasteiger partial charge is 0.407 e. The fourth-order valence-electron chi connectivity index (χ4n) is 3.92. The number of carbonyl (C=O) groups excluding carboxylic acids is 2. The van der Waals surface area contributed by atoms with Gasteiger partial charge in [-0.05, 0) is 82.3 Å². The van der Waals surface area contributed by atoms with E-state index in [0.717, 1.165) is 22.3 Å². The normalized spacial score (nSPS) is 11.4. The van der Waals surface area contributed by atoms with Crippen molar-refractivity contribution in [1.29, 1.82) is 0 Å². The number of likely N-dealkylation sites (N-methyl/N-ethyl adjacent to an activating group) is 1. The van der Waals surface area contributed by atoms with Gasteiger partial charge in [-0.3, -0.25) is 9.36 Å². The highest BCUT2D eigenvalue weighted by Crippen LogP contribution is 2.30. The van der Waals surface area contributed by atoms with E-state index in [2.05, 4.69) is 5.32 Å². The van der Waals surface area contributed by atoms with Gasteiger partial charge in [0.05, 0.1) is 11.0 Å². The summed E-state index contributed by atoms with van der Waals surface area (Å²) in [7, 11) is 1.68. The van der Waals surface area contributed by atoms with E-state index in [-0.39, 0.29) is 18.3 Å². The standard InChI is InChI=1S/C29H31FN4O3/c1-19-6-13-23(14-7-19)34-25-15-10-21(18-24(25)32-26(34)20-8-11-22(30)12-9-20)27(35)33(5)17-16-31-28(36)37-29(2,3)4/h6-15,18H,16-17H2,1-5H3,(H,31,36). The van der Waals surface area contributed by atoms with Gasteiger partial charge in [0, 0.05) is 37.0 Å². The first-order valence-electron chi connectivity index (χ1n) is 12.1. The number of nitrogens with zero attached hydrogens (tertiary/aromatic N) is 3. The molecule has 0 aliphatic carbocycles. The van der Waals surface area contributed by atoms with Crippen LogP contribution in [0.1, 0.15) is 36.7 Å². The van der Waals surface area contributed by atoms with Crippen LogP contribution in [0.15, 0.2) is 66.7 Å². The largest absolute Gasteiger partial charge is 0.444 e. The Kier molecular flexibility index (Phi) is 7.29. The Balaban J connectivity index is 1.61. The maximum absolute atomic E-state index is 13.6. The van der Waals surface area contributed by atoms with E-state index < -0.39 is 11.7 Å². The highest BCUT2D eigenvalue weighted by molar-refractivity contribution is 5.98. The molecule has 2 amide bonds. The molecule has 1 N–H and O–H groups in total. The number of imidazole rings is 1. The summed E-state index contributed by atoms with van der Waals surface area (Å²) >= 11 is 0. The lowest BCUT2D eigenvalue weighted by molar-refractivity contribution is 0.0517. The third kappa shape index (κ3) is 6.14. The van der Waals surface area contributed by atoms with E-state index in [1.54, 1.807) is 52.1 Å². The molecule has 4 aromatic rings. The molecule has 0 radical (unpaired) electrons. The van der Waals surface area contributed by atoms with Gasteiger partial charge in [-0.2, -0.15) is 0 Å². The number of aromatic nitrogens is 2. The van der Waals surface area contributed by atoms with Gasteiger partial charge in [0.25, 0.3) is 5.91 Å². The molecule has 192 valence electrons. The number of halogens is 1. The summed E-state index contributed by atoms with van der Waals surface area (Å²) in [6.07, 6.45) is -0.523. The molecule has 8 heteroatoms. The number of fused-ring (bicyclic) bond motifs is 1. The van der Waals surface area contributed by atoms with E-state index >= 15 is 0 Å². The Morgan fingerprint density at radius 1 is 1.03 bits per heavy atom. The second-order valence-corrected chi connectivity index (χ2v) is 9.97. The van der Waals surface area contributed by atoms with Crippen molar-refractivity contribution in [3.8, 4) is 17.1 Å². The Bertz CT molecular complexity index is 1420. The summed E-state index contributed by atoms with van der Waals surface area (Å²) in [6.45, 7) is 7.97. The summed E-state index contributed by atoms with van der Waals surface area (Å²) in [4.78, 5) is 31.3. The molecule has 0 aliphatic heterocycles. The van der Waals surface area contributed by atoms with Crippen molar-refractivity contribution in [2.45, 2.75) is 33.3 Å². The Labute approximate surface area is 215 Å². The molecular formula is C29H31FN4O3. The molecule has 0 aliphatic rings. The predicted molar refractivity (Wildman–Crippen MR) is 142 cm³/mol. The lowest BCUT2D eigenvalue weighted by Gasteiger charge is -2.21. The number of nitrogens with one attached hydrogen (secondary N) is 1. The minimum absolute atomic E-state index is 0.193. The average Bonchev–Trinajstić information content (AvgIpc) is 3.22. The summed E-state index contributed by atoms with van der Waals surface area (Å²) < 4.78 is 20.8. The second-order valence-electron chi connectivity index (χ2n) is 9.97. The topological polar surface area (TPSA) is 76.5 Å². The van der Waals surface area contributed by atoms with Crippen LogP contribution in [0.5, 0.6) is 0 Å². The van der Waals surface area contributed by atoms with Crippen LogP contribution < -0.4 is 5.32 Å². The van der Waals surface area contributed by atoms with E-state index in [9.17, 15) is 14.0 Å². The molecule has 1 heterocycles. The Morgan fingerprint density at radius 2 is 1.70 bits per heavy atom. The van der Waals surface area contributed by atoms with Crippen LogP contribution in [0, 0.1) is 12.7 Å². The molecule has 0 bridgehead atoms. The van der Waals surface area contributed by atoms with Crippen molar-refractivity contribution < 1.29 is 18.7 Å². The van der Waals surface area contributed by atoms with Crippen molar-refractivity contribution in [2.24, 2.45) is 0 Å². The zero-order chi connectivity index (χ0) is 26.7. The van der Waals surface area contributed by atoms with Crippen molar-refractivity contribution in [3.05, 3.63) is 83.7 Å². The van der Waals surface area contributed by atoms with Gasteiger partial charge in [0.15, 0.2) is 0 Å². The molecule has 37 heavy (non-hydrogen) atoms. The van der Waals surface area contributed by atoms with Crippen LogP contribution >= 0.6 is 0 Å². The molecule has 0 fully saturated rings. The van der Waals surface area contributed by atoms with Gasteiger partial charge in [0.1, 0.15) is 17.2 Å². The number of alkyl carbamates (subject to hydrolysis) is 1. The number of rotatable bonds is 6. The fraction of sp³-hybridized carbons (Fsp3) is 0.276. The number of ether oxygens (including phenoxy) is 1. The Morgan fingerprint density at radius 3 is 2.35 bits per heavy atom. The zero-order valence-electron chi connectivity index (χ0n) is 21.7. The number of hydrogen-bond donors (Lipinski definition) is 1. The van der Waals surface area contributed by atoms with Gasteiger partial charge >= 0.3 is 6.09 Å². The number of carbonyl (C=O) groups is 2. The Hall–Kier alpha value is -4.20. The zero-order valence-corrected chi connectivity index (χ0v) is 21.7. The lowest BCUT2D eigenvalue weighted by atomic mass is 10.1. The average molecular weight is 503 g/mol. The maximum atomic E-state index is 13.6. The predicted octanol–water partition coefficient (Wildman–Crippen LogP) is 5.74. The number of aryl methyl sites for hydroxylation is 1. The molecule has 0 saturated heterocycles. The van der Waals surface area contributed by atoms with Gasteiger partial charge < -0.3 is 15.0 Å². The first kappa shape index (κ1) is 25.9. The van der Waals surface area contributed by atoms with Gasteiger partial charge in [-0.1, -0.05) is 17.7 Å². The van der Waals surface area contributed by atoms with E-state index in [1.807, 2.05) is 41.8 Å². The maximum Gasteiger partial charge on any atom is 0.407 e. The number of benzene rings is 3. The molecule has 0 atom stereocenters. The van der Waals surface area contributed by atoms with Gasteiger partial charge in [-0.15, -0.1) is 0 Å². The van der Waals surface area contributed by atoms with Crippen LogP contribution in [-0.4, -0.2) is 52.2 Å².